The highest BCUT2D eigenvalue weighted by atomic mass is 32.2. The van der Waals surface area contributed by atoms with Crippen molar-refractivity contribution in [2.75, 3.05) is 44.7 Å². The Bertz CT molecular complexity index is 317. The molecule has 1 saturated heterocycles. The van der Waals surface area contributed by atoms with Crippen LogP contribution in [0, 0.1) is 5.92 Å². The maximum absolute atomic E-state index is 11.0. The smallest absolute Gasteiger partial charge is 0.148 e. The van der Waals surface area contributed by atoms with Gasteiger partial charge >= 0.3 is 0 Å². The van der Waals surface area contributed by atoms with Gasteiger partial charge in [-0.2, -0.15) is 0 Å². The Balaban J connectivity index is 2.08. The monoisotopic (exact) mass is 276 g/mol. The Hall–Kier alpha value is -0.130. The summed E-state index contributed by atoms with van der Waals surface area (Å²) >= 11 is 0. The van der Waals surface area contributed by atoms with E-state index in [4.69, 9.17) is 0 Å². The fraction of sp³-hybridized carbons (Fsp3) is 1.00. The number of hydrogen-bond donors (Lipinski definition) is 1. The van der Waals surface area contributed by atoms with Crippen LogP contribution >= 0.6 is 0 Å². The minimum Gasteiger partial charge on any atom is -0.314 e. The summed E-state index contributed by atoms with van der Waals surface area (Å²) in [5.74, 6) is 1.15. The predicted molar refractivity (Wildman–Crippen MR) is 76.7 cm³/mol. The molecule has 1 fully saturated rings. The second kappa shape index (κ2) is 8.12. The number of sulfone groups is 1. The van der Waals surface area contributed by atoms with Gasteiger partial charge in [0, 0.05) is 25.9 Å². The first-order chi connectivity index (χ1) is 8.51. The van der Waals surface area contributed by atoms with Gasteiger partial charge in [-0.25, -0.2) is 8.42 Å². The van der Waals surface area contributed by atoms with E-state index in [1.165, 1.54) is 45.0 Å². The van der Waals surface area contributed by atoms with Gasteiger partial charge < -0.3 is 10.2 Å². The molecule has 1 unspecified atom stereocenters. The molecule has 0 aromatic carbocycles. The third-order valence-electron chi connectivity index (χ3n) is 3.77. The number of nitrogens with zero attached hydrogens (tertiary/aromatic N) is 1. The molecule has 4 nitrogen and oxygen atoms in total. The molecule has 1 aliphatic heterocycles. The normalized spacial score (nSPS) is 22.9. The summed E-state index contributed by atoms with van der Waals surface area (Å²) in [6, 6.07) is 0. The molecule has 1 aliphatic rings. The average Bonchev–Trinajstić information content (AvgIpc) is 2.52. The molecular weight excluding hydrogens is 248 g/mol. The van der Waals surface area contributed by atoms with E-state index in [9.17, 15) is 8.42 Å². The van der Waals surface area contributed by atoms with E-state index in [1.807, 2.05) is 0 Å². The molecular formula is C13H28N2O2S. The molecule has 0 saturated carbocycles. The Morgan fingerprint density at radius 1 is 1.22 bits per heavy atom. The first-order valence-electron chi connectivity index (χ1n) is 7.12. The van der Waals surface area contributed by atoms with Crippen molar-refractivity contribution in [3.63, 3.8) is 0 Å². The van der Waals surface area contributed by atoms with Gasteiger partial charge in [0.1, 0.15) is 9.84 Å². The molecule has 1 heterocycles. The minimum atomic E-state index is -2.82. The number of likely N-dealkylation sites (tertiary alicyclic amines) is 1. The van der Waals surface area contributed by atoms with Crippen LogP contribution in [0.4, 0.5) is 0 Å². The van der Waals surface area contributed by atoms with Gasteiger partial charge in [0.05, 0.1) is 5.75 Å². The molecule has 18 heavy (non-hydrogen) atoms. The molecule has 0 amide bonds. The number of hydrogen-bond acceptors (Lipinski definition) is 4. The van der Waals surface area contributed by atoms with E-state index >= 15 is 0 Å². The average molecular weight is 276 g/mol. The molecule has 0 aromatic heterocycles. The highest BCUT2D eigenvalue weighted by Crippen LogP contribution is 2.19. The molecule has 1 N–H and O–H groups in total. The van der Waals surface area contributed by atoms with Gasteiger partial charge in [-0.15, -0.1) is 0 Å². The second-order valence-electron chi connectivity index (χ2n) is 5.43. The maximum atomic E-state index is 11.0. The van der Waals surface area contributed by atoms with Crippen LogP contribution < -0.4 is 5.32 Å². The Morgan fingerprint density at radius 3 is 2.67 bits per heavy atom. The predicted octanol–water partition coefficient (Wildman–Crippen LogP) is 1.13. The topological polar surface area (TPSA) is 49.4 Å². The summed E-state index contributed by atoms with van der Waals surface area (Å²) in [5.41, 5.74) is 0. The lowest BCUT2D eigenvalue weighted by Gasteiger charge is -2.20. The third-order valence-corrected chi connectivity index (χ3v) is 4.72. The van der Waals surface area contributed by atoms with Crippen LogP contribution in [0.25, 0.3) is 0 Å². The number of rotatable bonds is 7. The van der Waals surface area contributed by atoms with Crippen LogP contribution in [0.3, 0.4) is 0 Å². The minimum absolute atomic E-state index is 0.241. The van der Waals surface area contributed by atoms with Crippen LogP contribution in [-0.2, 0) is 9.84 Å². The fourth-order valence-electron chi connectivity index (χ4n) is 2.48. The lowest BCUT2D eigenvalue weighted by atomic mass is 9.98. The zero-order chi connectivity index (χ0) is 13.4. The Kier molecular flexibility index (Phi) is 7.19. The summed E-state index contributed by atoms with van der Waals surface area (Å²) in [7, 11) is -2.82. The van der Waals surface area contributed by atoms with Crippen molar-refractivity contribution in [1.82, 2.24) is 10.2 Å². The second-order valence-corrected chi connectivity index (χ2v) is 7.69. The van der Waals surface area contributed by atoms with Crippen molar-refractivity contribution in [3.05, 3.63) is 0 Å². The first-order valence-corrected chi connectivity index (χ1v) is 9.18. The van der Waals surface area contributed by atoms with E-state index in [0.29, 0.717) is 6.54 Å². The van der Waals surface area contributed by atoms with Crippen molar-refractivity contribution in [2.45, 2.75) is 32.6 Å². The molecule has 1 atom stereocenters. The molecule has 0 bridgehead atoms. The van der Waals surface area contributed by atoms with Crippen molar-refractivity contribution < 1.29 is 8.42 Å². The summed E-state index contributed by atoms with van der Waals surface area (Å²) < 4.78 is 21.9. The Labute approximate surface area is 112 Å². The van der Waals surface area contributed by atoms with Gasteiger partial charge in [0.25, 0.3) is 0 Å². The molecule has 0 radical (unpaired) electrons. The Morgan fingerprint density at radius 2 is 2.00 bits per heavy atom. The zero-order valence-electron chi connectivity index (χ0n) is 11.8. The first kappa shape index (κ1) is 15.9. The third kappa shape index (κ3) is 7.34. The largest absolute Gasteiger partial charge is 0.314 e. The van der Waals surface area contributed by atoms with Crippen molar-refractivity contribution in [3.8, 4) is 0 Å². The summed E-state index contributed by atoms with van der Waals surface area (Å²) in [4.78, 5) is 2.50. The van der Waals surface area contributed by atoms with Crippen molar-refractivity contribution in [1.29, 1.82) is 0 Å². The van der Waals surface area contributed by atoms with E-state index in [-0.39, 0.29) is 5.75 Å². The zero-order valence-corrected chi connectivity index (χ0v) is 12.6. The van der Waals surface area contributed by atoms with Crippen molar-refractivity contribution in [2.24, 2.45) is 5.92 Å². The maximum Gasteiger partial charge on any atom is 0.148 e. The SMILES string of the molecule is CCC1CCCN(CCNCCS(C)(=O)=O)CC1. The van der Waals surface area contributed by atoms with E-state index in [1.54, 1.807) is 0 Å². The summed E-state index contributed by atoms with van der Waals surface area (Å²) in [6.45, 7) is 7.19. The highest BCUT2D eigenvalue weighted by Gasteiger charge is 2.14. The molecule has 0 aromatic rings. The quantitative estimate of drug-likeness (QED) is 0.708. The van der Waals surface area contributed by atoms with Crippen LogP contribution in [0.1, 0.15) is 32.6 Å². The summed E-state index contributed by atoms with van der Waals surface area (Å²) in [5, 5.41) is 3.21. The van der Waals surface area contributed by atoms with Crippen LogP contribution in [0.2, 0.25) is 0 Å². The van der Waals surface area contributed by atoms with Crippen molar-refractivity contribution >= 4 is 9.84 Å². The van der Waals surface area contributed by atoms with E-state index < -0.39 is 9.84 Å². The van der Waals surface area contributed by atoms with Crippen LogP contribution in [-0.4, -0.2) is 58.1 Å². The molecule has 108 valence electrons. The standard InChI is InChI=1S/C13H28N2O2S/c1-3-13-5-4-9-15(10-6-13)11-7-14-8-12-18(2,16)17/h13-14H,3-12H2,1-2H3. The highest BCUT2D eigenvalue weighted by molar-refractivity contribution is 7.90. The fourth-order valence-corrected chi connectivity index (χ4v) is 2.99. The van der Waals surface area contributed by atoms with Gasteiger partial charge in [-0.1, -0.05) is 13.3 Å². The molecule has 1 rings (SSSR count). The summed E-state index contributed by atoms with van der Waals surface area (Å²) in [6.07, 6.45) is 6.59. The van der Waals surface area contributed by atoms with Gasteiger partial charge in [0.15, 0.2) is 0 Å². The number of nitrogens with one attached hydrogen (secondary N) is 1. The van der Waals surface area contributed by atoms with Gasteiger partial charge in [-0.3, -0.25) is 0 Å². The van der Waals surface area contributed by atoms with Gasteiger partial charge in [0.2, 0.25) is 0 Å². The van der Waals surface area contributed by atoms with Crippen LogP contribution in [0.5, 0.6) is 0 Å². The van der Waals surface area contributed by atoms with E-state index in [2.05, 4.69) is 17.1 Å². The van der Waals surface area contributed by atoms with Crippen LogP contribution in [0.15, 0.2) is 0 Å². The lowest BCUT2D eigenvalue weighted by Crippen LogP contribution is -2.34. The van der Waals surface area contributed by atoms with E-state index in [0.717, 1.165) is 19.0 Å². The molecule has 0 spiro atoms. The lowest BCUT2D eigenvalue weighted by molar-refractivity contribution is 0.280. The molecule has 0 aliphatic carbocycles. The molecule has 5 heteroatoms. The van der Waals surface area contributed by atoms with Gasteiger partial charge in [-0.05, 0) is 38.3 Å².